The molecule has 0 spiro atoms. The van der Waals surface area contributed by atoms with Gasteiger partial charge in [-0.15, -0.1) is 11.3 Å². The summed E-state index contributed by atoms with van der Waals surface area (Å²) in [5.41, 5.74) is 2.10. The molecule has 0 unspecified atom stereocenters. The number of amides is 3. The zero-order chi connectivity index (χ0) is 21.7. The lowest BCUT2D eigenvalue weighted by molar-refractivity contribution is -0.133. The molecule has 6 nitrogen and oxygen atoms in total. The maximum absolute atomic E-state index is 12.4. The smallest absolute Gasteiger partial charge is 0.251 e. The molecule has 0 radical (unpaired) electrons. The summed E-state index contributed by atoms with van der Waals surface area (Å²) in [5.74, 6) is -0.339. The molecule has 3 rings (SSSR count). The highest BCUT2D eigenvalue weighted by molar-refractivity contribution is 7.10. The van der Waals surface area contributed by atoms with Crippen LogP contribution < -0.4 is 10.6 Å². The predicted octanol–water partition coefficient (Wildman–Crippen LogP) is 3.97. The summed E-state index contributed by atoms with van der Waals surface area (Å²) in [6, 6.07) is 8.86. The van der Waals surface area contributed by atoms with Crippen LogP contribution >= 0.6 is 11.3 Å². The molecule has 1 aromatic heterocycles. The van der Waals surface area contributed by atoms with Gasteiger partial charge in [0.2, 0.25) is 11.8 Å². The molecule has 2 N–H and O–H groups in total. The number of carbonyl (C=O) groups excluding carboxylic acids is 3. The number of anilines is 1. The average Bonchev–Trinajstić information content (AvgIpc) is 3.20. The molecule has 3 amide bonds. The zero-order valence-corrected chi connectivity index (χ0v) is 18.6. The van der Waals surface area contributed by atoms with E-state index in [0.717, 1.165) is 12.8 Å². The Bertz CT molecular complexity index is 918. The molecule has 1 aliphatic heterocycles. The lowest BCUT2D eigenvalue weighted by Crippen LogP contribution is -2.42. The summed E-state index contributed by atoms with van der Waals surface area (Å²) < 4.78 is 0. The van der Waals surface area contributed by atoms with Gasteiger partial charge >= 0.3 is 0 Å². The Morgan fingerprint density at radius 1 is 1.10 bits per heavy atom. The Morgan fingerprint density at radius 2 is 1.83 bits per heavy atom. The maximum atomic E-state index is 12.4. The quantitative estimate of drug-likeness (QED) is 0.702. The molecule has 1 aliphatic rings. The Morgan fingerprint density at radius 3 is 2.53 bits per heavy atom. The van der Waals surface area contributed by atoms with Gasteiger partial charge in [0, 0.05) is 47.6 Å². The van der Waals surface area contributed by atoms with E-state index in [2.05, 4.69) is 22.1 Å². The van der Waals surface area contributed by atoms with E-state index in [4.69, 9.17) is 0 Å². The minimum atomic E-state index is -0.268. The minimum Gasteiger partial charge on any atom is -0.347 e. The zero-order valence-electron chi connectivity index (χ0n) is 17.8. The van der Waals surface area contributed by atoms with E-state index in [9.17, 15) is 14.4 Å². The molecule has 0 fully saturated rings. The molecule has 0 atom stereocenters. The second-order valence-corrected chi connectivity index (χ2v) is 9.25. The van der Waals surface area contributed by atoms with Gasteiger partial charge in [-0.2, -0.15) is 0 Å². The van der Waals surface area contributed by atoms with Gasteiger partial charge in [0.25, 0.3) is 5.91 Å². The van der Waals surface area contributed by atoms with Crippen molar-refractivity contribution in [3.8, 4) is 0 Å². The molecule has 0 aliphatic carbocycles. The van der Waals surface area contributed by atoms with Crippen molar-refractivity contribution >= 4 is 34.7 Å². The maximum Gasteiger partial charge on any atom is 0.251 e. The first-order chi connectivity index (χ1) is 14.3. The lowest BCUT2D eigenvalue weighted by Gasteiger charge is -2.27. The molecule has 2 heterocycles. The van der Waals surface area contributed by atoms with E-state index < -0.39 is 0 Å². The predicted molar refractivity (Wildman–Crippen MR) is 120 cm³/mol. The SMILES string of the molecule is CCC(C)(C)NC(=O)c1ccc(NC(=O)CCC(=O)N2CCc3sccc3C2)cc1. The van der Waals surface area contributed by atoms with Gasteiger partial charge in [0.05, 0.1) is 0 Å². The normalized spacial score (nSPS) is 13.5. The van der Waals surface area contributed by atoms with Crippen LogP contribution in [-0.2, 0) is 22.6 Å². The van der Waals surface area contributed by atoms with Gasteiger partial charge in [-0.1, -0.05) is 6.92 Å². The van der Waals surface area contributed by atoms with E-state index in [1.54, 1.807) is 35.6 Å². The fourth-order valence-electron chi connectivity index (χ4n) is 3.24. The second-order valence-electron chi connectivity index (χ2n) is 8.25. The van der Waals surface area contributed by atoms with Gasteiger partial charge in [-0.3, -0.25) is 14.4 Å². The van der Waals surface area contributed by atoms with Gasteiger partial charge in [0.15, 0.2) is 0 Å². The number of thiophene rings is 1. The number of fused-ring (bicyclic) bond motifs is 1. The van der Waals surface area contributed by atoms with Crippen LogP contribution in [0.2, 0.25) is 0 Å². The first-order valence-electron chi connectivity index (χ1n) is 10.3. The number of carbonyl (C=O) groups is 3. The second kappa shape index (κ2) is 9.43. The van der Waals surface area contributed by atoms with Crippen LogP contribution in [0.1, 0.15) is 60.8 Å². The third-order valence-electron chi connectivity index (χ3n) is 5.49. The Kier molecular flexibility index (Phi) is 6.92. The van der Waals surface area contributed by atoms with Crippen molar-refractivity contribution in [3.05, 3.63) is 51.7 Å². The molecular weight excluding hydrogens is 398 g/mol. The van der Waals surface area contributed by atoms with Crippen LogP contribution in [0, 0.1) is 0 Å². The Hall–Kier alpha value is -2.67. The lowest BCUT2D eigenvalue weighted by atomic mass is 10.0. The van der Waals surface area contributed by atoms with E-state index in [1.165, 1.54) is 10.4 Å². The van der Waals surface area contributed by atoms with Crippen molar-refractivity contribution < 1.29 is 14.4 Å². The number of nitrogens with zero attached hydrogens (tertiary/aromatic N) is 1. The molecule has 1 aromatic carbocycles. The van der Waals surface area contributed by atoms with Crippen LogP contribution in [0.15, 0.2) is 35.7 Å². The average molecular weight is 428 g/mol. The molecule has 0 saturated heterocycles. The molecule has 30 heavy (non-hydrogen) atoms. The van der Waals surface area contributed by atoms with E-state index in [1.807, 2.05) is 25.7 Å². The fourth-order valence-corrected chi connectivity index (χ4v) is 4.13. The highest BCUT2D eigenvalue weighted by atomic mass is 32.1. The van der Waals surface area contributed by atoms with E-state index in [0.29, 0.717) is 24.3 Å². The summed E-state index contributed by atoms with van der Waals surface area (Å²) in [5, 5.41) is 7.84. The summed E-state index contributed by atoms with van der Waals surface area (Å²) in [6.07, 6.45) is 2.05. The van der Waals surface area contributed by atoms with Crippen molar-refractivity contribution in [1.29, 1.82) is 0 Å². The molecule has 0 bridgehead atoms. The first kappa shape index (κ1) is 22.0. The third kappa shape index (κ3) is 5.69. The minimum absolute atomic E-state index is 0.00700. The first-order valence-corrected chi connectivity index (χ1v) is 11.2. The van der Waals surface area contributed by atoms with Crippen molar-refractivity contribution in [1.82, 2.24) is 10.2 Å². The molecule has 0 saturated carbocycles. The van der Waals surface area contributed by atoms with Gasteiger partial charge in [0.1, 0.15) is 0 Å². The van der Waals surface area contributed by atoms with E-state index >= 15 is 0 Å². The number of hydrogen-bond acceptors (Lipinski definition) is 4. The van der Waals surface area contributed by atoms with Crippen molar-refractivity contribution in [2.75, 3.05) is 11.9 Å². The van der Waals surface area contributed by atoms with Crippen LogP contribution in [0.25, 0.3) is 0 Å². The summed E-state index contributed by atoms with van der Waals surface area (Å²) in [6.45, 7) is 7.33. The van der Waals surface area contributed by atoms with Gasteiger partial charge in [-0.05, 0) is 68.0 Å². The fraction of sp³-hybridized carbons (Fsp3) is 0.435. The molecule has 160 valence electrons. The number of hydrogen-bond donors (Lipinski definition) is 2. The van der Waals surface area contributed by atoms with Crippen LogP contribution in [0.3, 0.4) is 0 Å². The number of nitrogens with one attached hydrogen (secondary N) is 2. The Balaban J connectivity index is 1.46. The van der Waals surface area contributed by atoms with E-state index in [-0.39, 0.29) is 36.1 Å². The third-order valence-corrected chi connectivity index (χ3v) is 6.52. The summed E-state index contributed by atoms with van der Waals surface area (Å²) >= 11 is 1.74. The number of benzene rings is 1. The molecule has 7 heteroatoms. The topological polar surface area (TPSA) is 78.5 Å². The largest absolute Gasteiger partial charge is 0.347 e. The Labute approximate surface area is 181 Å². The van der Waals surface area contributed by atoms with Crippen molar-refractivity contribution in [3.63, 3.8) is 0 Å². The monoisotopic (exact) mass is 427 g/mol. The summed E-state index contributed by atoms with van der Waals surface area (Å²) in [4.78, 5) is 40.2. The van der Waals surface area contributed by atoms with Crippen molar-refractivity contribution in [2.45, 2.75) is 58.5 Å². The highest BCUT2D eigenvalue weighted by Gasteiger charge is 2.22. The molecule has 2 aromatic rings. The highest BCUT2D eigenvalue weighted by Crippen LogP contribution is 2.24. The number of rotatable bonds is 7. The van der Waals surface area contributed by atoms with Crippen LogP contribution in [-0.4, -0.2) is 34.7 Å². The molecular formula is C23H29N3O3S. The van der Waals surface area contributed by atoms with Gasteiger partial charge in [-0.25, -0.2) is 0 Å². The summed E-state index contributed by atoms with van der Waals surface area (Å²) in [7, 11) is 0. The van der Waals surface area contributed by atoms with Gasteiger partial charge < -0.3 is 15.5 Å². The van der Waals surface area contributed by atoms with Crippen molar-refractivity contribution in [2.24, 2.45) is 0 Å². The van der Waals surface area contributed by atoms with Crippen LogP contribution in [0.4, 0.5) is 5.69 Å². The van der Waals surface area contributed by atoms with Crippen LogP contribution in [0.5, 0.6) is 0 Å². The standard InChI is InChI=1S/C23H29N3O3S/c1-4-23(2,3)25-22(29)16-5-7-18(8-6-16)24-20(27)9-10-21(28)26-13-11-19-17(15-26)12-14-30-19/h5-8,12,14H,4,9-11,13,15H2,1-3H3,(H,24,27)(H,25,29).